The maximum Gasteiger partial charge on any atom is 0.338 e. The molecular weight excluding hydrogens is 392 g/mol. The van der Waals surface area contributed by atoms with Crippen LogP contribution >= 0.6 is 22.7 Å². The van der Waals surface area contributed by atoms with Gasteiger partial charge in [-0.25, -0.2) is 9.79 Å². The predicted octanol–water partition coefficient (Wildman–Crippen LogP) is 2.86. The highest BCUT2D eigenvalue weighted by Crippen LogP contribution is 2.33. The summed E-state index contributed by atoms with van der Waals surface area (Å²) in [6, 6.07) is 13.0. The molecule has 142 valence electrons. The van der Waals surface area contributed by atoms with Gasteiger partial charge in [-0.3, -0.25) is 9.36 Å². The van der Waals surface area contributed by atoms with E-state index in [2.05, 4.69) is 4.99 Å². The summed E-state index contributed by atoms with van der Waals surface area (Å²) in [7, 11) is 0. The van der Waals surface area contributed by atoms with Crippen LogP contribution in [0.1, 0.15) is 30.3 Å². The van der Waals surface area contributed by atoms with Gasteiger partial charge >= 0.3 is 5.97 Å². The molecule has 0 saturated heterocycles. The first kappa shape index (κ1) is 18.6. The average molecular weight is 411 g/mol. The number of thiophene rings is 1. The summed E-state index contributed by atoms with van der Waals surface area (Å²) in [6.45, 7) is 3.83. The number of hydrogen-bond donors (Lipinski definition) is 0. The Morgan fingerprint density at radius 1 is 1.25 bits per heavy atom. The third kappa shape index (κ3) is 3.27. The molecule has 0 saturated carbocycles. The van der Waals surface area contributed by atoms with Crippen LogP contribution in [0.2, 0.25) is 0 Å². The molecule has 1 aromatic carbocycles. The molecule has 0 N–H and O–H groups in total. The number of carbonyl (C=O) groups is 1. The molecule has 0 radical (unpaired) electrons. The van der Waals surface area contributed by atoms with Gasteiger partial charge in [0, 0.05) is 4.88 Å². The van der Waals surface area contributed by atoms with Crippen LogP contribution in [0.4, 0.5) is 0 Å². The smallest absolute Gasteiger partial charge is 0.338 e. The molecule has 4 rings (SSSR count). The van der Waals surface area contributed by atoms with E-state index in [0.717, 1.165) is 10.4 Å². The molecular formula is C21H18N2O3S2. The number of ether oxygens (including phenoxy) is 1. The second kappa shape index (κ2) is 7.69. The number of carbonyl (C=O) groups excluding carboxylic acids is 1. The monoisotopic (exact) mass is 410 g/mol. The molecule has 5 nitrogen and oxygen atoms in total. The number of nitrogens with zero attached hydrogens (tertiary/aromatic N) is 2. The van der Waals surface area contributed by atoms with Crippen LogP contribution in [-0.2, 0) is 9.53 Å². The zero-order chi connectivity index (χ0) is 19.7. The number of thiazole rings is 1. The van der Waals surface area contributed by atoms with E-state index >= 15 is 0 Å². The lowest BCUT2D eigenvalue weighted by molar-refractivity contribution is -0.139. The van der Waals surface area contributed by atoms with Crippen LogP contribution < -0.4 is 14.9 Å². The fourth-order valence-corrected chi connectivity index (χ4v) is 5.08. The summed E-state index contributed by atoms with van der Waals surface area (Å²) in [6.07, 6.45) is 1.86. The number of hydrogen-bond acceptors (Lipinski definition) is 6. The summed E-state index contributed by atoms with van der Waals surface area (Å²) in [5.74, 6) is -0.431. The Morgan fingerprint density at radius 3 is 2.71 bits per heavy atom. The van der Waals surface area contributed by atoms with Crippen molar-refractivity contribution >= 4 is 34.7 Å². The summed E-state index contributed by atoms with van der Waals surface area (Å²) in [5.41, 5.74) is 1.80. The minimum absolute atomic E-state index is 0.152. The first-order chi connectivity index (χ1) is 13.6. The number of esters is 1. The van der Waals surface area contributed by atoms with Crippen LogP contribution in [0.25, 0.3) is 6.08 Å². The largest absolute Gasteiger partial charge is 0.463 e. The van der Waals surface area contributed by atoms with Crippen molar-refractivity contribution in [2.24, 2.45) is 4.99 Å². The average Bonchev–Trinajstić information content (AvgIpc) is 3.31. The van der Waals surface area contributed by atoms with Gasteiger partial charge in [-0.1, -0.05) is 47.7 Å². The number of benzene rings is 1. The zero-order valence-electron chi connectivity index (χ0n) is 15.4. The predicted molar refractivity (Wildman–Crippen MR) is 111 cm³/mol. The number of allylic oxidation sites excluding steroid dienone is 1. The SMILES string of the molecule is CCOC(=O)C1=C(C)N=c2s/c(=C/c3ccccc3)c(=O)n2[C@@H]1c1cccs1. The Hall–Kier alpha value is -2.77. The standard InChI is InChI=1S/C21H18N2O3S2/c1-3-26-20(25)17-13(2)22-21-23(18(17)15-10-7-11-27-15)19(24)16(28-21)12-14-8-5-4-6-9-14/h4-12,18H,3H2,1-2H3/b16-12+/t18-/m1/s1. The van der Waals surface area contributed by atoms with Gasteiger partial charge in [0.1, 0.15) is 6.04 Å². The lowest BCUT2D eigenvalue weighted by atomic mass is 10.0. The fourth-order valence-electron chi connectivity index (χ4n) is 3.21. The van der Waals surface area contributed by atoms with E-state index in [1.165, 1.54) is 22.7 Å². The van der Waals surface area contributed by atoms with E-state index in [-0.39, 0.29) is 12.2 Å². The normalized spacial score (nSPS) is 16.6. The van der Waals surface area contributed by atoms with Crippen molar-refractivity contribution in [2.45, 2.75) is 19.9 Å². The third-order valence-corrected chi connectivity index (χ3v) is 6.33. The molecule has 1 aliphatic heterocycles. The Bertz CT molecular complexity index is 1220. The van der Waals surface area contributed by atoms with E-state index < -0.39 is 12.0 Å². The van der Waals surface area contributed by atoms with Gasteiger partial charge < -0.3 is 4.74 Å². The Morgan fingerprint density at radius 2 is 2.04 bits per heavy atom. The Kier molecular flexibility index (Phi) is 5.11. The molecule has 0 unspecified atom stereocenters. The molecule has 0 bridgehead atoms. The molecule has 28 heavy (non-hydrogen) atoms. The highest BCUT2D eigenvalue weighted by molar-refractivity contribution is 7.10. The van der Waals surface area contributed by atoms with Crippen molar-refractivity contribution in [3.8, 4) is 0 Å². The minimum Gasteiger partial charge on any atom is -0.463 e. The molecule has 1 aliphatic rings. The van der Waals surface area contributed by atoms with Crippen molar-refractivity contribution in [3.63, 3.8) is 0 Å². The lowest BCUT2D eigenvalue weighted by Gasteiger charge is -2.23. The van der Waals surface area contributed by atoms with Crippen molar-refractivity contribution in [2.75, 3.05) is 6.61 Å². The van der Waals surface area contributed by atoms with Crippen LogP contribution in [0, 0.1) is 0 Å². The maximum atomic E-state index is 13.3. The third-order valence-electron chi connectivity index (χ3n) is 4.43. The van der Waals surface area contributed by atoms with E-state index in [0.29, 0.717) is 20.6 Å². The highest BCUT2D eigenvalue weighted by atomic mass is 32.1. The Balaban J connectivity index is 1.95. The maximum absolute atomic E-state index is 13.3. The van der Waals surface area contributed by atoms with Gasteiger partial charge in [0.25, 0.3) is 5.56 Å². The van der Waals surface area contributed by atoms with Crippen molar-refractivity contribution in [1.29, 1.82) is 0 Å². The minimum atomic E-state index is -0.520. The van der Waals surface area contributed by atoms with Crippen LogP contribution in [0.5, 0.6) is 0 Å². The van der Waals surface area contributed by atoms with E-state index in [4.69, 9.17) is 4.74 Å². The second-order valence-corrected chi connectivity index (χ2v) is 8.22. The van der Waals surface area contributed by atoms with E-state index in [9.17, 15) is 9.59 Å². The second-order valence-electron chi connectivity index (χ2n) is 6.23. The van der Waals surface area contributed by atoms with E-state index in [1.807, 2.05) is 53.9 Å². The van der Waals surface area contributed by atoms with Gasteiger partial charge in [0.05, 0.1) is 22.4 Å². The van der Waals surface area contributed by atoms with Crippen LogP contribution in [0.15, 0.2) is 68.9 Å². The van der Waals surface area contributed by atoms with Crippen molar-refractivity contribution in [3.05, 3.63) is 89.2 Å². The van der Waals surface area contributed by atoms with Gasteiger partial charge in [0.2, 0.25) is 0 Å². The van der Waals surface area contributed by atoms with Crippen LogP contribution in [0.3, 0.4) is 0 Å². The number of fused-ring (bicyclic) bond motifs is 1. The van der Waals surface area contributed by atoms with E-state index in [1.54, 1.807) is 18.4 Å². The molecule has 0 fully saturated rings. The molecule has 3 aromatic rings. The van der Waals surface area contributed by atoms with Crippen molar-refractivity contribution < 1.29 is 9.53 Å². The molecule has 0 aliphatic carbocycles. The molecule has 2 aromatic heterocycles. The summed E-state index contributed by atoms with van der Waals surface area (Å²) in [5, 5.41) is 1.94. The molecule has 0 spiro atoms. The highest BCUT2D eigenvalue weighted by Gasteiger charge is 2.33. The molecule has 3 heterocycles. The lowest BCUT2D eigenvalue weighted by Crippen LogP contribution is -2.39. The van der Waals surface area contributed by atoms with Crippen LogP contribution in [-0.4, -0.2) is 17.1 Å². The first-order valence-electron chi connectivity index (χ1n) is 8.88. The fraction of sp³-hybridized carbons (Fsp3) is 0.190. The molecule has 7 heteroatoms. The number of rotatable bonds is 4. The topological polar surface area (TPSA) is 60.7 Å². The van der Waals surface area contributed by atoms with Gasteiger partial charge in [-0.05, 0) is 36.9 Å². The van der Waals surface area contributed by atoms with Crippen molar-refractivity contribution in [1.82, 2.24) is 4.57 Å². The number of aromatic nitrogens is 1. The summed E-state index contributed by atoms with van der Waals surface area (Å²) < 4.78 is 7.47. The molecule has 1 atom stereocenters. The molecule has 0 amide bonds. The quantitative estimate of drug-likeness (QED) is 0.622. The summed E-state index contributed by atoms with van der Waals surface area (Å²) >= 11 is 2.84. The Labute approximate surface area is 169 Å². The van der Waals surface area contributed by atoms with Gasteiger partial charge in [-0.2, -0.15) is 0 Å². The van der Waals surface area contributed by atoms with Gasteiger partial charge in [-0.15, -0.1) is 11.3 Å². The first-order valence-corrected chi connectivity index (χ1v) is 10.6. The zero-order valence-corrected chi connectivity index (χ0v) is 17.0. The summed E-state index contributed by atoms with van der Waals surface area (Å²) in [4.78, 5) is 32.0. The van der Waals surface area contributed by atoms with Gasteiger partial charge in [0.15, 0.2) is 4.80 Å².